The summed E-state index contributed by atoms with van der Waals surface area (Å²) in [7, 11) is 0. The smallest absolute Gasteiger partial charge is 0.123 e. The molecule has 1 nitrogen and oxygen atoms in total. The van der Waals surface area contributed by atoms with Crippen molar-refractivity contribution >= 4 is 0 Å². The minimum absolute atomic E-state index is 0.287. The maximum atomic E-state index is 12.4. The van der Waals surface area contributed by atoms with E-state index in [2.05, 4.69) is 6.58 Å². The van der Waals surface area contributed by atoms with E-state index in [-0.39, 0.29) is 5.82 Å². The van der Waals surface area contributed by atoms with Crippen molar-refractivity contribution in [2.24, 2.45) is 0 Å². The van der Waals surface area contributed by atoms with Gasteiger partial charge in [-0.2, -0.15) is 0 Å². The molecule has 0 spiro atoms. The molecular weight excluding hydrogens is 155 g/mol. The van der Waals surface area contributed by atoms with Crippen LogP contribution in [0.25, 0.3) is 0 Å². The number of aliphatic hydroxyl groups excluding tert-OH is 1. The molecule has 0 amide bonds. The molecule has 0 aliphatic heterocycles. The second kappa shape index (κ2) is 4.02. The number of hydrogen-bond acceptors (Lipinski definition) is 1. The van der Waals surface area contributed by atoms with Crippen molar-refractivity contribution in [3.8, 4) is 0 Å². The lowest BCUT2D eigenvalue weighted by Crippen LogP contribution is -1.94. The molecule has 2 heteroatoms. The summed E-state index contributed by atoms with van der Waals surface area (Å²) in [6.45, 7) is 3.51. The van der Waals surface area contributed by atoms with Crippen LogP contribution in [0.2, 0.25) is 0 Å². The summed E-state index contributed by atoms with van der Waals surface area (Å²) in [6.07, 6.45) is 1.56. The van der Waals surface area contributed by atoms with Gasteiger partial charge in [0.15, 0.2) is 0 Å². The Morgan fingerprint density at radius 1 is 1.42 bits per heavy atom. The van der Waals surface area contributed by atoms with E-state index in [0.717, 1.165) is 5.56 Å². The largest absolute Gasteiger partial charge is 0.388 e. The van der Waals surface area contributed by atoms with Gasteiger partial charge in [0.05, 0.1) is 6.10 Å². The van der Waals surface area contributed by atoms with Crippen LogP contribution < -0.4 is 0 Å². The first kappa shape index (κ1) is 8.94. The molecule has 0 aliphatic rings. The Hall–Kier alpha value is -1.15. The summed E-state index contributed by atoms with van der Waals surface area (Å²) >= 11 is 0. The fourth-order valence-electron chi connectivity index (χ4n) is 0.979. The maximum absolute atomic E-state index is 12.4. The third kappa shape index (κ3) is 2.17. The van der Waals surface area contributed by atoms with Gasteiger partial charge in [0.1, 0.15) is 5.82 Å². The zero-order chi connectivity index (χ0) is 8.97. The summed E-state index contributed by atoms with van der Waals surface area (Å²) in [6, 6.07) is 5.82. The zero-order valence-corrected chi connectivity index (χ0v) is 6.70. The molecule has 0 fully saturated rings. The Balaban J connectivity index is 2.74. The number of halogens is 1. The highest BCUT2D eigenvalue weighted by Gasteiger charge is 2.03. The minimum Gasteiger partial charge on any atom is -0.388 e. The van der Waals surface area contributed by atoms with Crippen LogP contribution in [0.1, 0.15) is 18.1 Å². The topological polar surface area (TPSA) is 20.2 Å². The van der Waals surface area contributed by atoms with Crippen LogP contribution in [0.15, 0.2) is 36.9 Å². The quantitative estimate of drug-likeness (QED) is 0.684. The second-order valence-corrected chi connectivity index (χ2v) is 2.59. The van der Waals surface area contributed by atoms with E-state index in [1.807, 2.05) is 0 Å². The molecule has 0 saturated carbocycles. The third-order valence-electron chi connectivity index (χ3n) is 1.64. The van der Waals surface area contributed by atoms with Gasteiger partial charge in [-0.25, -0.2) is 4.39 Å². The normalized spacial score (nSPS) is 12.5. The third-order valence-corrected chi connectivity index (χ3v) is 1.64. The molecular formula is C10H11FO. The van der Waals surface area contributed by atoms with Crippen molar-refractivity contribution in [2.45, 2.75) is 12.5 Å². The summed E-state index contributed by atoms with van der Waals surface area (Å²) in [5, 5.41) is 9.42. The molecule has 1 rings (SSSR count). The Bertz CT molecular complexity index is 253. The number of hydrogen-bond donors (Lipinski definition) is 1. The molecule has 1 N–H and O–H groups in total. The van der Waals surface area contributed by atoms with Crippen LogP contribution in [-0.4, -0.2) is 5.11 Å². The van der Waals surface area contributed by atoms with Gasteiger partial charge < -0.3 is 5.11 Å². The fraction of sp³-hybridized carbons (Fsp3) is 0.200. The molecule has 64 valence electrons. The van der Waals surface area contributed by atoms with E-state index in [9.17, 15) is 9.50 Å². The van der Waals surface area contributed by atoms with Crippen LogP contribution in [0, 0.1) is 5.82 Å². The highest BCUT2D eigenvalue weighted by Crippen LogP contribution is 2.16. The molecule has 1 aromatic rings. The van der Waals surface area contributed by atoms with Crippen molar-refractivity contribution in [3.63, 3.8) is 0 Å². The molecule has 0 radical (unpaired) electrons. The van der Waals surface area contributed by atoms with E-state index in [0.29, 0.717) is 6.42 Å². The summed E-state index contributed by atoms with van der Waals surface area (Å²) < 4.78 is 12.4. The Morgan fingerprint density at radius 2 is 2.00 bits per heavy atom. The standard InChI is InChI=1S/C10H11FO/c1-2-3-10(12)8-4-6-9(11)7-5-8/h2,4-7,10,12H,1,3H2/t10-/m0/s1. The average molecular weight is 166 g/mol. The minimum atomic E-state index is -0.567. The summed E-state index contributed by atoms with van der Waals surface area (Å²) in [5.74, 6) is -0.287. The lowest BCUT2D eigenvalue weighted by atomic mass is 10.1. The van der Waals surface area contributed by atoms with Crippen molar-refractivity contribution in [1.82, 2.24) is 0 Å². The van der Waals surface area contributed by atoms with E-state index in [1.54, 1.807) is 18.2 Å². The van der Waals surface area contributed by atoms with Gasteiger partial charge in [-0.05, 0) is 24.1 Å². The Labute approximate surface area is 71.2 Å². The zero-order valence-electron chi connectivity index (χ0n) is 6.70. The van der Waals surface area contributed by atoms with Crippen molar-refractivity contribution in [3.05, 3.63) is 48.3 Å². The van der Waals surface area contributed by atoms with Crippen LogP contribution in [0.4, 0.5) is 4.39 Å². The van der Waals surface area contributed by atoms with Gasteiger partial charge in [-0.15, -0.1) is 6.58 Å². The number of rotatable bonds is 3. The number of benzene rings is 1. The highest BCUT2D eigenvalue weighted by atomic mass is 19.1. The predicted octanol–water partition coefficient (Wildman–Crippen LogP) is 2.44. The van der Waals surface area contributed by atoms with Crippen LogP contribution in [-0.2, 0) is 0 Å². The fourth-order valence-corrected chi connectivity index (χ4v) is 0.979. The Morgan fingerprint density at radius 3 is 2.50 bits per heavy atom. The van der Waals surface area contributed by atoms with E-state index >= 15 is 0 Å². The molecule has 12 heavy (non-hydrogen) atoms. The van der Waals surface area contributed by atoms with Gasteiger partial charge in [-0.1, -0.05) is 18.2 Å². The molecule has 0 heterocycles. The van der Waals surface area contributed by atoms with Crippen LogP contribution in [0.3, 0.4) is 0 Å². The molecule has 1 aromatic carbocycles. The first-order valence-corrected chi connectivity index (χ1v) is 3.78. The second-order valence-electron chi connectivity index (χ2n) is 2.59. The van der Waals surface area contributed by atoms with Crippen molar-refractivity contribution < 1.29 is 9.50 Å². The maximum Gasteiger partial charge on any atom is 0.123 e. The van der Waals surface area contributed by atoms with Crippen LogP contribution >= 0.6 is 0 Å². The molecule has 0 bridgehead atoms. The van der Waals surface area contributed by atoms with Crippen LogP contribution in [0.5, 0.6) is 0 Å². The SMILES string of the molecule is C=CC[C@H](O)c1ccc(F)cc1. The molecule has 0 aromatic heterocycles. The number of aliphatic hydroxyl groups is 1. The Kier molecular flexibility index (Phi) is 3.00. The van der Waals surface area contributed by atoms with Crippen molar-refractivity contribution in [2.75, 3.05) is 0 Å². The van der Waals surface area contributed by atoms with Gasteiger partial charge in [0, 0.05) is 0 Å². The van der Waals surface area contributed by atoms with E-state index in [1.165, 1.54) is 12.1 Å². The average Bonchev–Trinajstić information content (AvgIpc) is 2.06. The highest BCUT2D eigenvalue weighted by molar-refractivity contribution is 5.18. The van der Waals surface area contributed by atoms with E-state index < -0.39 is 6.10 Å². The van der Waals surface area contributed by atoms with E-state index in [4.69, 9.17) is 0 Å². The summed E-state index contributed by atoms with van der Waals surface area (Å²) in [4.78, 5) is 0. The molecule has 0 unspecified atom stereocenters. The summed E-state index contributed by atoms with van der Waals surface area (Å²) in [5.41, 5.74) is 0.719. The lowest BCUT2D eigenvalue weighted by Gasteiger charge is -2.06. The first-order chi connectivity index (χ1) is 5.74. The van der Waals surface area contributed by atoms with Gasteiger partial charge >= 0.3 is 0 Å². The molecule has 0 aliphatic carbocycles. The monoisotopic (exact) mass is 166 g/mol. The molecule has 1 atom stereocenters. The van der Waals surface area contributed by atoms with Crippen molar-refractivity contribution in [1.29, 1.82) is 0 Å². The predicted molar refractivity (Wildman–Crippen MR) is 46.2 cm³/mol. The van der Waals surface area contributed by atoms with Gasteiger partial charge in [0.2, 0.25) is 0 Å². The molecule has 0 saturated heterocycles. The first-order valence-electron chi connectivity index (χ1n) is 3.78. The lowest BCUT2D eigenvalue weighted by molar-refractivity contribution is 0.181. The van der Waals surface area contributed by atoms with Gasteiger partial charge in [0.25, 0.3) is 0 Å². The van der Waals surface area contributed by atoms with Gasteiger partial charge in [-0.3, -0.25) is 0 Å².